The smallest absolute Gasteiger partial charge is 0.210 e. The fourth-order valence-electron chi connectivity index (χ4n) is 2.34. The Balaban J connectivity index is 1.41. The molecule has 0 spiro atoms. The maximum Gasteiger partial charge on any atom is 0.210 e. The molecule has 0 aliphatic rings. The van der Waals surface area contributed by atoms with Gasteiger partial charge in [-0.1, -0.05) is 29.2 Å². The van der Waals surface area contributed by atoms with E-state index >= 15 is 0 Å². The largest absolute Gasteiger partial charge is 0.330 e. The molecule has 0 atom stereocenters. The lowest BCUT2D eigenvalue weighted by Crippen LogP contribution is -1.89. The fraction of sp³-hybridized carbons (Fsp3) is 0.118. The summed E-state index contributed by atoms with van der Waals surface area (Å²) in [6, 6.07) is 10.2. The van der Waals surface area contributed by atoms with Gasteiger partial charge < -0.3 is 9.72 Å². The van der Waals surface area contributed by atoms with Crippen LogP contribution < -0.4 is 5.32 Å². The zero-order chi connectivity index (χ0) is 17.2. The van der Waals surface area contributed by atoms with Crippen LogP contribution in [0.5, 0.6) is 0 Å². The van der Waals surface area contributed by atoms with Crippen molar-refractivity contribution in [1.82, 2.24) is 19.6 Å². The Morgan fingerprint density at radius 2 is 1.96 bits per heavy atom. The highest BCUT2D eigenvalue weighted by Gasteiger charge is 2.08. The number of aromatic nitrogens is 4. The molecule has 126 valence electrons. The number of pyridine rings is 1. The van der Waals surface area contributed by atoms with E-state index in [1.165, 1.54) is 29.0 Å². The van der Waals surface area contributed by atoms with Gasteiger partial charge >= 0.3 is 0 Å². The van der Waals surface area contributed by atoms with Gasteiger partial charge in [-0.05, 0) is 42.8 Å². The molecule has 3 aromatic heterocycles. The minimum Gasteiger partial charge on any atom is -0.330 e. The van der Waals surface area contributed by atoms with E-state index in [-0.39, 0.29) is 5.82 Å². The number of nitrogens with one attached hydrogen (secondary N) is 1. The molecule has 0 fully saturated rings. The minimum atomic E-state index is -0.262. The first-order valence-electron chi connectivity index (χ1n) is 7.59. The van der Waals surface area contributed by atoms with Crippen LogP contribution in [0, 0.1) is 12.7 Å². The first kappa shape index (κ1) is 16.0. The highest BCUT2D eigenvalue weighted by atomic mass is 32.2. The predicted molar refractivity (Wildman–Crippen MR) is 99.1 cm³/mol. The molecule has 0 radical (unpaired) electrons. The molecule has 8 heteroatoms. The Morgan fingerprint density at radius 3 is 2.80 bits per heavy atom. The molecular weight excluding hydrogens is 357 g/mol. The maximum absolute atomic E-state index is 12.9. The molecule has 0 amide bonds. The standard InChI is InChI=1S/C17H14FN5S2/c1-11-2-7-15-19-14(9-23(15)8-11)10-24-17-22-21-16(25-17)20-13-5-3-12(18)4-6-13/h2-9H,10H2,1H3,(H,20,21). The Bertz CT molecular complexity index is 1010. The zero-order valence-corrected chi connectivity index (χ0v) is 14.9. The van der Waals surface area contributed by atoms with Gasteiger partial charge in [0.25, 0.3) is 0 Å². The fourth-order valence-corrected chi connectivity index (χ4v) is 3.99. The molecular formula is C17H14FN5S2. The second-order valence-electron chi connectivity index (χ2n) is 5.50. The summed E-state index contributed by atoms with van der Waals surface area (Å²) in [4.78, 5) is 4.60. The number of anilines is 2. The van der Waals surface area contributed by atoms with E-state index in [1.807, 2.05) is 16.7 Å². The summed E-state index contributed by atoms with van der Waals surface area (Å²) in [7, 11) is 0. The third kappa shape index (κ3) is 3.80. The summed E-state index contributed by atoms with van der Waals surface area (Å²) in [6.45, 7) is 2.06. The first-order chi connectivity index (χ1) is 12.2. The molecule has 0 saturated heterocycles. The SMILES string of the molecule is Cc1ccc2nc(CSc3nnc(Nc4ccc(F)cc4)s3)cn2c1. The Labute approximate surface area is 151 Å². The van der Waals surface area contributed by atoms with Gasteiger partial charge in [-0.3, -0.25) is 0 Å². The van der Waals surface area contributed by atoms with Gasteiger partial charge in [0.15, 0.2) is 4.34 Å². The monoisotopic (exact) mass is 371 g/mol. The van der Waals surface area contributed by atoms with Crippen LogP contribution in [0.4, 0.5) is 15.2 Å². The van der Waals surface area contributed by atoms with Crippen molar-refractivity contribution in [1.29, 1.82) is 0 Å². The molecule has 0 unspecified atom stereocenters. The summed E-state index contributed by atoms with van der Waals surface area (Å²) in [5, 5.41) is 12.1. The second-order valence-corrected chi connectivity index (χ2v) is 7.70. The highest BCUT2D eigenvalue weighted by Crippen LogP contribution is 2.29. The third-order valence-corrected chi connectivity index (χ3v) is 5.50. The normalized spacial score (nSPS) is 11.1. The molecule has 5 nitrogen and oxygen atoms in total. The predicted octanol–water partition coefficient (Wildman–Crippen LogP) is 4.67. The second kappa shape index (κ2) is 6.81. The minimum absolute atomic E-state index is 0.262. The quantitative estimate of drug-likeness (QED) is 0.517. The van der Waals surface area contributed by atoms with Crippen LogP contribution in [-0.4, -0.2) is 19.6 Å². The number of halogens is 1. The van der Waals surface area contributed by atoms with Gasteiger partial charge in [-0.15, -0.1) is 10.2 Å². The lowest BCUT2D eigenvalue weighted by atomic mass is 10.3. The van der Waals surface area contributed by atoms with Gasteiger partial charge in [0.05, 0.1) is 5.69 Å². The molecule has 1 aromatic carbocycles. The Hall–Kier alpha value is -2.45. The van der Waals surface area contributed by atoms with Gasteiger partial charge in [0.1, 0.15) is 11.5 Å². The highest BCUT2D eigenvalue weighted by molar-refractivity contribution is 8.00. The van der Waals surface area contributed by atoms with E-state index in [2.05, 4.69) is 39.7 Å². The van der Waals surface area contributed by atoms with Crippen molar-refractivity contribution in [3.63, 3.8) is 0 Å². The molecule has 0 aliphatic carbocycles. The lowest BCUT2D eigenvalue weighted by molar-refractivity contribution is 0.628. The molecule has 3 heterocycles. The number of hydrogen-bond acceptors (Lipinski definition) is 6. The first-order valence-corrected chi connectivity index (χ1v) is 9.39. The van der Waals surface area contributed by atoms with Crippen molar-refractivity contribution < 1.29 is 4.39 Å². The van der Waals surface area contributed by atoms with Crippen molar-refractivity contribution in [2.45, 2.75) is 17.0 Å². The molecule has 0 bridgehead atoms. The van der Waals surface area contributed by atoms with Crippen molar-refractivity contribution in [2.24, 2.45) is 0 Å². The summed E-state index contributed by atoms with van der Waals surface area (Å²) in [5.41, 5.74) is 3.92. The number of fused-ring (bicyclic) bond motifs is 1. The summed E-state index contributed by atoms with van der Waals surface area (Å²) >= 11 is 3.06. The molecule has 0 aliphatic heterocycles. The summed E-state index contributed by atoms with van der Waals surface area (Å²) < 4.78 is 15.8. The van der Waals surface area contributed by atoms with Gasteiger partial charge in [0, 0.05) is 23.8 Å². The number of aryl methyl sites for hydroxylation is 1. The van der Waals surface area contributed by atoms with Crippen LogP contribution in [0.2, 0.25) is 0 Å². The van der Waals surface area contributed by atoms with Crippen LogP contribution in [-0.2, 0) is 5.75 Å². The van der Waals surface area contributed by atoms with E-state index in [0.717, 1.165) is 27.1 Å². The topological polar surface area (TPSA) is 55.1 Å². The van der Waals surface area contributed by atoms with Gasteiger partial charge in [-0.25, -0.2) is 9.37 Å². The molecule has 4 rings (SSSR count). The molecule has 0 saturated carbocycles. The molecule has 1 N–H and O–H groups in total. The number of imidazole rings is 1. The number of thioether (sulfide) groups is 1. The maximum atomic E-state index is 12.9. The third-order valence-electron chi connectivity index (χ3n) is 3.49. The van der Waals surface area contributed by atoms with E-state index in [1.54, 1.807) is 23.9 Å². The van der Waals surface area contributed by atoms with E-state index in [0.29, 0.717) is 5.13 Å². The molecule has 25 heavy (non-hydrogen) atoms. The number of rotatable bonds is 5. The van der Waals surface area contributed by atoms with E-state index in [4.69, 9.17) is 0 Å². The van der Waals surface area contributed by atoms with Gasteiger partial charge in [0.2, 0.25) is 5.13 Å². The van der Waals surface area contributed by atoms with Crippen molar-refractivity contribution in [3.05, 3.63) is 65.9 Å². The average molecular weight is 371 g/mol. The number of hydrogen-bond donors (Lipinski definition) is 1. The van der Waals surface area contributed by atoms with Gasteiger partial charge in [-0.2, -0.15) is 0 Å². The van der Waals surface area contributed by atoms with Crippen LogP contribution >= 0.6 is 23.1 Å². The van der Waals surface area contributed by atoms with Crippen LogP contribution in [0.25, 0.3) is 5.65 Å². The average Bonchev–Trinajstić information content (AvgIpc) is 3.21. The van der Waals surface area contributed by atoms with Crippen molar-refractivity contribution >= 4 is 39.6 Å². The van der Waals surface area contributed by atoms with Crippen LogP contribution in [0.15, 0.2) is 53.1 Å². The Kier molecular flexibility index (Phi) is 4.37. The van der Waals surface area contributed by atoms with E-state index in [9.17, 15) is 4.39 Å². The number of benzene rings is 1. The number of nitrogens with zero attached hydrogens (tertiary/aromatic N) is 4. The van der Waals surface area contributed by atoms with Crippen molar-refractivity contribution in [3.8, 4) is 0 Å². The summed E-state index contributed by atoms with van der Waals surface area (Å²) in [5.74, 6) is 0.466. The zero-order valence-electron chi connectivity index (χ0n) is 13.3. The van der Waals surface area contributed by atoms with Crippen LogP contribution in [0.3, 0.4) is 0 Å². The summed E-state index contributed by atoms with van der Waals surface area (Å²) in [6.07, 6.45) is 4.10. The molecule has 4 aromatic rings. The Morgan fingerprint density at radius 1 is 1.12 bits per heavy atom. The van der Waals surface area contributed by atoms with E-state index < -0.39 is 0 Å². The lowest BCUT2D eigenvalue weighted by Gasteiger charge is -2.00. The van der Waals surface area contributed by atoms with Crippen molar-refractivity contribution in [2.75, 3.05) is 5.32 Å². The van der Waals surface area contributed by atoms with Crippen LogP contribution in [0.1, 0.15) is 11.3 Å².